The fourth-order valence-corrected chi connectivity index (χ4v) is 3.50. The number of aromatic nitrogens is 1. The molecule has 1 fully saturated rings. The van der Waals surface area contributed by atoms with Gasteiger partial charge in [-0.3, -0.25) is 9.59 Å². The summed E-state index contributed by atoms with van der Waals surface area (Å²) in [4.78, 5) is 28.7. The smallest absolute Gasteiger partial charge is 0.251 e. The number of nitrogens with one attached hydrogen (secondary N) is 3. The molecule has 2 aromatic carbocycles. The SMILES string of the molecule is CC(NC(=O)c1cccc(Nc2nccs2)c1)c1ccc(NC(=O)C2CC2)cc1. The van der Waals surface area contributed by atoms with Crippen LogP contribution in [0.2, 0.25) is 0 Å². The molecule has 3 aromatic rings. The molecule has 148 valence electrons. The zero-order valence-corrected chi connectivity index (χ0v) is 16.8. The summed E-state index contributed by atoms with van der Waals surface area (Å²) in [5, 5.41) is 11.8. The van der Waals surface area contributed by atoms with Gasteiger partial charge in [0, 0.05) is 34.4 Å². The van der Waals surface area contributed by atoms with E-state index in [2.05, 4.69) is 20.9 Å². The molecule has 2 amide bonds. The Labute approximate surface area is 173 Å². The van der Waals surface area contributed by atoms with Crippen LogP contribution in [0, 0.1) is 5.92 Å². The van der Waals surface area contributed by atoms with Crippen LogP contribution in [-0.2, 0) is 4.79 Å². The number of carbonyl (C=O) groups is 2. The number of hydrogen-bond donors (Lipinski definition) is 3. The summed E-state index contributed by atoms with van der Waals surface area (Å²) in [7, 11) is 0. The van der Waals surface area contributed by atoms with Crippen molar-refractivity contribution < 1.29 is 9.59 Å². The second kappa shape index (κ2) is 8.45. The fourth-order valence-electron chi connectivity index (χ4n) is 2.96. The highest BCUT2D eigenvalue weighted by molar-refractivity contribution is 7.13. The van der Waals surface area contributed by atoms with Crippen molar-refractivity contribution in [2.45, 2.75) is 25.8 Å². The molecule has 1 aliphatic carbocycles. The molecule has 0 aliphatic heterocycles. The second-order valence-corrected chi connectivity index (χ2v) is 8.02. The quantitative estimate of drug-likeness (QED) is 0.530. The standard InChI is InChI=1S/C22H22N4O2S/c1-14(15-7-9-18(10-8-15)25-20(27)16-5-6-16)24-21(28)17-3-2-4-19(13-17)26-22-23-11-12-29-22/h2-4,7-14,16H,5-6H2,1H3,(H,23,26)(H,24,28)(H,25,27). The summed E-state index contributed by atoms with van der Waals surface area (Å²) in [5.41, 5.74) is 3.15. The van der Waals surface area contributed by atoms with Crippen LogP contribution in [-0.4, -0.2) is 16.8 Å². The molecular weight excluding hydrogens is 384 g/mol. The Morgan fingerprint density at radius 3 is 2.59 bits per heavy atom. The molecule has 1 atom stereocenters. The van der Waals surface area contributed by atoms with Crippen molar-refractivity contribution in [3.63, 3.8) is 0 Å². The van der Waals surface area contributed by atoms with Crippen molar-refractivity contribution in [1.82, 2.24) is 10.3 Å². The molecule has 6 nitrogen and oxygen atoms in total. The zero-order chi connectivity index (χ0) is 20.2. The van der Waals surface area contributed by atoms with Crippen LogP contribution in [0.4, 0.5) is 16.5 Å². The normalized spacial score (nSPS) is 14.1. The van der Waals surface area contributed by atoms with Crippen molar-refractivity contribution in [2.24, 2.45) is 5.92 Å². The third kappa shape index (κ3) is 5.00. The van der Waals surface area contributed by atoms with Gasteiger partial charge >= 0.3 is 0 Å². The molecule has 1 heterocycles. The minimum absolute atomic E-state index is 0.0883. The summed E-state index contributed by atoms with van der Waals surface area (Å²) in [6, 6.07) is 14.8. The molecule has 3 N–H and O–H groups in total. The first-order chi connectivity index (χ1) is 14.1. The molecule has 4 rings (SSSR count). The number of thiazole rings is 1. The molecule has 1 aliphatic rings. The molecular formula is C22H22N4O2S. The second-order valence-electron chi connectivity index (χ2n) is 7.12. The lowest BCUT2D eigenvalue weighted by atomic mass is 10.1. The van der Waals surface area contributed by atoms with Crippen molar-refractivity contribution in [2.75, 3.05) is 10.6 Å². The maximum Gasteiger partial charge on any atom is 0.251 e. The summed E-state index contributed by atoms with van der Waals surface area (Å²) < 4.78 is 0. The van der Waals surface area contributed by atoms with E-state index in [0.717, 1.165) is 34.9 Å². The van der Waals surface area contributed by atoms with Crippen molar-refractivity contribution in [1.29, 1.82) is 0 Å². The fraction of sp³-hybridized carbons (Fsp3) is 0.227. The van der Waals surface area contributed by atoms with Crippen LogP contribution in [0.3, 0.4) is 0 Å². The van der Waals surface area contributed by atoms with E-state index in [1.54, 1.807) is 18.3 Å². The highest BCUT2D eigenvalue weighted by Gasteiger charge is 2.29. The number of rotatable bonds is 7. The van der Waals surface area contributed by atoms with E-state index in [9.17, 15) is 9.59 Å². The monoisotopic (exact) mass is 406 g/mol. The Morgan fingerprint density at radius 2 is 1.90 bits per heavy atom. The van der Waals surface area contributed by atoms with Crippen LogP contribution in [0.15, 0.2) is 60.1 Å². The van der Waals surface area contributed by atoms with Gasteiger partial charge in [-0.2, -0.15) is 0 Å². The lowest BCUT2D eigenvalue weighted by Gasteiger charge is -2.15. The van der Waals surface area contributed by atoms with Crippen LogP contribution in [0.1, 0.15) is 41.7 Å². The van der Waals surface area contributed by atoms with Crippen molar-refractivity contribution in [3.05, 3.63) is 71.2 Å². The Morgan fingerprint density at radius 1 is 1.10 bits per heavy atom. The van der Waals surface area contributed by atoms with E-state index in [0.29, 0.717) is 5.56 Å². The first kappa shape index (κ1) is 19.1. The van der Waals surface area contributed by atoms with E-state index in [-0.39, 0.29) is 23.8 Å². The molecule has 0 radical (unpaired) electrons. The molecule has 0 bridgehead atoms. The van der Waals surface area contributed by atoms with Gasteiger partial charge in [-0.1, -0.05) is 18.2 Å². The third-order valence-electron chi connectivity index (χ3n) is 4.78. The van der Waals surface area contributed by atoms with Crippen molar-refractivity contribution in [3.8, 4) is 0 Å². The molecule has 29 heavy (non-hydrogen) atoms. The van der Waals surface area contributed by atoms with Crippen molar-refractivity contribution >= 4 is 39.7 Å². The molecule has 0 saturated heterocycles. The molecule has 0 spiro atoms. The van der Waals surface area contributed by atoms with E-state index >= 15 is 0 Å². The Kier molecular flexibility index (Phi) is 5.57. The van der Waals surface area contributed by atoms with Gasteiger partial charge in [-0.25, -0.2) is 4.98 Å². The minimum Gasteiger partial charge on any atom is -0.346 e. The summed E-state index contributed by atoms with van der Waals surface area (Å²) in [5.74, 6) is 0.116. The summed E-state index contributed by atoms with van der Waals surface area (Å²) in [6.07, 6.45) is 3.69. The van der Waals surface area contributed by atoms with Crippen LogP contribution >= 0.6 is 11.3 Å². The van der Waals surface area contributed by atoms with E-state index in [1.165, 1.54) is 11.3 Å². The number of carbonyl (C=O) groups excluding carboxylic acids is 2. The number of hydrogen-bond acceptors (Lipinski definition) is 5. The number of anilines is 3. The molecule has 1 unspecified atom stereocenters. The lowest BCUT2D eigenvalue weighted by Crippen LogP contribution is -2.26. The third-order valence-corrected chi connectivity index (χ3v) is 5.47. The van der Waals surface area contributed by atoms with Crippen LogP contribution in [0.5, 0.6) is 0 Å². The summed E-state index contributed by atoms with van der Waals surface area (Å²) >= 11 is 1.50. The topological polar surface area (TPSA) is 83.1 Å². The average Bonchev–Trinajstić information content (AvgIpc) is 3.46. The summed E-state index contributed by atoms with van der Waals surface area (Å²) in [6.45, 7) is 1.94. The Balaban J connectivity index is 1.37. The van der Waals surface area contributed by atoms with Gasteiger partial charge in [0.1, 0.15) is 0 Å². The molecule has 1 saturated carbocycles. The first-order valence-corrected chi connectivity index (χ1v) is 10.4. The van der Waals surface area contributed by atoms with Crippen LogP contribution in [0.25, 0.3) is 0 Å². The molecule has 1 aromatic heterocycles. The van der Waals surface area contributed by atoms with Gasteiger partial charge < -0.3 is 16.0 Å². The van der Waals surface area contributed by atoms with E-state index in [4.69, 9.17) is 0 Å². The highest BCUT2D eigenvalue weighted by Crippen LogP contribution is 2.30. The zero-order valence-electron chi connectivity index (χ0n) is 16.0. The number of nitrogens with zero attached hydrogens (tertiary/aromatic N) is 1. The maximum absolute atomic E-state index is 12.7. The average molecular weight is 407 g/mol. The number of benzene rings is 2. The largest absolute Gasteiger partial charge is 0.346 e. The van der Waals surface area contributed by atoms with E-state index in [1.807, 2.05) is 48.7 Å². The van der Waals surface area contributed by atoms with Gasteiger partial charge in [0.05, 0.1) is 6.04 Å². The van der Waals surface area contributed by atoms with Gasteiger partial charge in [0.25, 0.3) is 5.91 Å². The maximum atomic E-state index is 12.7. The van der Waals surface area contributed by atoms with E-state index < -0.39 is 0 Å². The van der Waals surface area contributed by atoms with Crippen LogP contribution < -0.4 is 16.0 Å². The number of amides is 2. The van der Waals surface area contributed by atoms with Gasteiger partial charge in [0.2, 0.25) is 5.91 Å². The van der Waals surface area contributed by atoms with Gasteiger partial charge in [-0.15, -0.1) is 11.3 Å². The molecule has 7 heteroatoms. The highest BCUT2D eigenvalue weighted by atomic mass is 32.1. The lowest BCUT2D eigenvalue weighted by molar-refractivity contribution is -0.117. The Hall–Kier alpha value is -3.19. The Bertz CT molecular complexity index is 998. The predicted molar refractivity (Wildman–Crippen MR) is 116 cm³/mol. The van der Waals surface area contributed by atoms with Gasteiger partial charge in [0.15, 0.2) is 5.13 Å². The minimum atomic E-state index is -0.161. The predicted octanol–water partition coefficient (Wildman–Crippen LogP) is 4.73. The first-order valence-electron chi connectivity index (χ1n) is 9.57. The van der Waals surface area contributed by atoms with Gasteiger partial charge in [-0.05, 0) is 55.7 Å².